The SMILES string of the molecule is FC(F)(F)c1ccnc(NCc2ccc(Cn3cncn3)cc2)n1. The number of rotatable bonds is 5. The lowest BCUT2D eigenvalue weighted by molar-refractivity contribution is -0.141. The van der Waals surface area contributed by atoms with Crippen LogP contribution >= 0.6 is 0 Å². The van der Waals surface area contributed by atoms with E-state index in [1.807, 2.05) is 24.3 Å². The third kappa shape index (κ3) is 4.06. The lowest BCUT2D eigenvalue weighted by Gasteiger charge is -2.09. The summed E-state index contributed by atoms with van der Waals surface area (Å²) in [5.74, 6) is -0.0588. The predicted octanol–water partition coefficient (Wildman–Crippen LogP) is 2.75. The molecule has 0 unspecified atom stereocenters. The molecule has 124 valence electrons. The lowest BCUT2D eigenvalue weighted by atomic mass is 10.1. The number of anilines is 1. The number of nitrogens with zero attached hydrogens (tertiary/aromatic N) is 5. The van der Waals surface area contributed by atoms with Gasteiger partial charge in [0.1, 0.15) is 18.3 Å². The van der Waals surface area contributed by atoms with E-state index in [1.165, 1.54) is 6.33 Å². The fourth-order valence-electron chi connectivity index (χ4n) is 2.05. The smallest absolute Gasteiger partial charge is 0.350 e. The molecule has 0 radical (unpaired) electrons. The number of halogens is 3. The monoisotopic (exact) mass is 334 g/mol. The number of hydrogen-bond acceptors (Lipinski definition) is 5. The van der Waals surface area contributed by atoms with E-state index in [0.717, 1.165) is 23.4 Å². The maximum absolute atomic E-state index is 12.6. The fraction of sp³-hybridized carbons (Fsp3) is 0.200. The van der Waals surface area contributed by atoms with Crippen molar-refractivity contribution >= 4 is 5.95 Å². The minimum Gasteiger partial charge on any atom is -0.350 e. The Morgan fingerprint density at radius 1 is 1.04 bits per heavy atom. The molecular formula is C15H13F3N6. The maximum Gasteiger partial charge on any atom is 0.433 e. The highest BCUT2D eigenvalue weighted by Crippen LogP contribution is 2.27. The number of alkyl halides is 3. The van der Waals surface area contributed by atoms with E-state index in [4.69, 9.17) is 0 Å². The topological polar surface area (TPSA) is 68.5 Å². The van der Waals surface area contributed by atoms with Crippen molar-refractivity contribution in [2.45, 2.75) is 19.3 Å². The third-order valence-corrected chi connectivity index (χ3v) is 3.23. The molecule has 0 atom stereocenters. The molecule has 0 saturated heterocycles. The van der Waals surface area contributed by atoms with Crippen molar-refractivity contribution in [1.29, 1.82) is 0 Å². The van der Waals surface area contributed by atoms with Gasteiger partial charge in [-0.05, 0) is 17.2 Å². The van der Waals surface area contributed by atoms with E-state index < -0.39 is 11.9 Å². The Bertz CT molecular complexity index is 784. The molecule has 1 aromatic carbocycles. The van der Waals surface area contributed by atoms with Gasteiger partial charge >= 0.3 is 6.18 Å². The summed E-state index contributed by atoms with van der Waals surface area (Å²) >= 11 is 0. The van der Waals surface area contributed by atoms with Crippen LogP contribution in [0.1, 0.15) is 16.8 Å². The van der Waals surface area contributed by atoms with Crippen LogP contribution in [-0.4, -0.2) is 24.7 Å². The summed E-state index contributed by atoms with van der Waals surface area (Å²) in [6, 6.07) is 8.45. The van der Waals surface area contributed by atoms with Crippen molar-refractivity contribution in [2.24, 2.45) is 0 Å². The van der Waals surface area contributed by atoms with E-state index in [2.05, 4.69) is 25.4 Å². The van der Waals surface area contributed by atoms with Crippen LogP contribution < -0.4 is 5.32 Å². The first-order valence-corrected chi connectivity index (χ1v) is 7.05. The number of nitrogens with one attached hydrogen (secondary N) is 1. The van der Waals surface area contributed by atoms with Gasteiger partial charge in [0.25, 0.3) is 0 Å². The van der Waals surface area contributed by atoms with Gasteiger partial charge < -0.3 is 5.32 Å². The Balaban J connectivity index is 1.61. The number of benzene rings is 1. The van der Waals surface area contributed by atoms with Crippen LogP contribution in [-0.2, 0) is 19.3 Å². The van der Waals surface area contributed by atoms with Gasteiger partial charge in [-0.3, -0.25) is 0 Å². The van der Waals surface area contributed by atoms with Crippen LogP contribution in [0.2, 0.25) is 0 Å². The first kappa shape index (κ1) is 15.9. The van der Waals surface area contributed by atoms with Crippen LogP contribution in [0.15, 0.2) is 49.2 Å². The summed E-state index contributed by atoms with van der Waals surface area (Å²) in [5.41, 5.74) is 0.973. The van der Waals surface area contributed by atoms with E-state index in [-0.39, 0.29) is 5.95 Å². The molecule has 0 aliphatic carbocycles. The van der Waals surface area contributed by atoms with Crippen molar-refractivity contribution in [3.8, 4) is 0 Å². The zero-order valence-corrected chi connectivity index (χ0v) is 12.4. The molecular weight excluding hydrogens is 321 g/mol. The van der Waals surface area contributed by atoms with Gasteiger partial charge in [0.05, 0.1) is 6.54 Å². The fourth-order valence-corrected chi connectivity index (χ4v) is 2.05. The highest BCUT2D eigenvalue weighted by molar-refractivity contribution is 5.30. The molecule has 0 aliphatic heterocycles. The van der Waals surface area contributed by atoms with E-state index in [9.17, 15) is 13.2 Å². The van der Waals surface area contributed by atoms with Crippen molar-refractivity contribution in [3.05, 3.63) is 66.0 Å². The standard InChI is InChI=1S/C15H13F3N6/c16-15(17,18)13-5-6-20-14(23-13)21-7-11-1-3-12(4-2-11)8-24-10-19-9-22-24/h1-6,9-10H,7-8H2,(H,20,21,23). The second kappa shape index (κ2) is 6.65. The second-order valence-electron chi connectivity index (χ2n) is 5.03. The van der Waals surface area contributed by atoms with Gasteiger partial charge in [-0.1, -0.05) is 24.3 Å². The summed E-state index contributed by atoms with van der Waals surface area (Å²) < 4.78 is 39.5. The summed E-state index contributed by atoms with van der Waals surface area (Å²) in [6.45, 7) is 0.926. The molecule has 0 spiro atoms. The average Bonchev–Trinajstić information content (AvgIpc) is 3.07. The summed E-state index contributed by atoms with van der Waals surface area (Å²) in [6.07, 6.45) is -0.310. The van der Waals surface area contributed by atoms with Crippen LogP contribution in [0.3, 0.4) is 0 Å². The molecule has 2 aromatic heterocycles. The first-order chi connectivity index (χ1) is 11.5. The normalized spacial score (nSPS) is 11.5. The summed E-state index contributed by atoms with van der Waals surface area (Å²) in [4.78, 5) is 11.1. The number of aromatic nitrogens is 5. The molecule has 6 nitrogen and oxygen atoms in total. The van der Waals surface area contributed by atoms with Gasteiger partial charge in [-0.2, -0.15) is 18.3 Å². The zero-order valence-electron chi connectivity index (χ0n) is 12.4. The van der Waals surface area contributed by atoms with Crippen molar-refractivity contribution < 1.29 is 13.2 Å². The quantitative estimate of drug-likeness (QED) is 0.777. The molecule has 3 rings (SSSR count). The highest BCUT2D eigenvalue weighted by Gasteiger charge is 2.32. The first-order valence-electron chi connectivity index (χ1n) is 7.05. The molecule has 0 amide bonds. The Hall–Kier alpha value is -2.97. The zero-order chi connectivity index (χ0) is 17.0. The van der Waals surface area contributed by atoms with Gasteiger partial charge in [0.2, 0.25) is 5.95 Å². The minimum atomic E-state index is -4.48. The predicted molar refractivity (Wildman–Crippen MR) is 79.9 cm³/mol. The molecule has 3 aromatic rings. The number of hydrogen-bond donors (Lipinski definition) is 1. The van der Waals surface area contributed by atoms with Crippen LogP contribution in [0, 0.1) is 0 Å². The molecule has 0 aliphatic rings. The largest absolute Gasteiger partial charge is 0.433 e. The van der Waals surface area contributed by atoms with E-state index in [1.54, 1.807) is 11.0 Å². The Labute approximate surface area is 135 Å². The van der Waals surface area contributed by atoms with Crippen LogP contribution in [0.5, 0.6) is 0 Å². The van der Waals surface area contributed by atoms with Gasteiger partial charge in [-0.15, -0.1) is 0 Å². The third-order valence-electron chi connectivity index (χ3n) is 3.23. The lowest BCUT2D eigenvalue weighted by Crippen LogP contribution is -2.11. The van der Waals surface area contributed by atoms with Crippen LogP contribution in [0.25, 0.3) is 0 Å². The molecule has 9 heteroatoms. The Morgan fingerprint density at radius 2 is 1.79 bits per heavy atom. The van der Waals surface area contributed by atoms with Crippen molar-refractivity contribution in [2.75, 3.05) is 5.32 Å². The summed E-state index contributed by atoms with van der Waals surface area (Å²) in [7, 11) is 0. The second-order valence-corrected chi connectivity index (χ2v) is 5.03. The Morgan fingerprint density at radius 3 is 2.46 bits per heavy atom. The summed E-state index contributed by atoms with van der Waals surface area (Å²) in [5, 5.41) is 6.81. The Kier molecular flexibility index (Phi) is 4.41. The maximum atomic E-state index is 12.6. The van der Waals surface area contributed by atoms with Gasteiger partial charge in [-0.25, -0.2) is 19.6 Å². The van der Waals surface area contributed by atoms with Gasteiger partial charge in [0.15, 0.2) is 0 Å². The highest BCUT2D eigenvalue weighted by atomic mass is 19.4. The van der Waals surface area contributed by atoms with Crippen molar-refractivity contribution in [3.63, 3.8) is 0 Å². The molecule has 2 heterocycles. The molecule has 24 heavy (non-hydrogen) atoms. The minimum absolute atomic E-state index is 0.0588. The molecule has 0 fully saturated rings. The van der Waals surface area contributed by atoms with E-state index >= 15 is 0 Å². The molecule has 1 N–H and O–H groups in total. The van der Waals surface area contributed by atoms with Gasteiger partial charge in [0, 0.05) is 12.7 Å². The van der Waals surface area contributed by atoms with E-state index in [0.29, 0.717) is 13.1 Å². The molecule has 0 bridgehead atoms. The van der Waals surface area contributed by atoms with Crippen molar-refractivity contribution in [1.82, 2.24) is 24.7 Å². The molecule has 0 saturated carbocycles. The average molecular weight is 334 g/mol. The van der Waals surface area contributed by atoms with Crippen LogP contribution in [0.4, 0.5) is 19.1 Å².